The monoisotopic (exact) mass is 319 g/mol. The Hall–Kier alpha value is -1.79. The van der Waals surface area contributed by atoms with Gasteiger partial charge in [-0.05, 0) is 18.6 Å². The zero-order valence-corrected chi connectivity index (χ0v) is 13.0. The molecule has 0 bridgehead atoms. The minimum atomic E-state index is 0.596. The molecule has 2 heterocycles. The van der Waals surface area contributed by atoms with E-state index in [-0.39, 0.29) is 0 Å². The van der Waals surface area contributed by atoms with Crippen molar-refractivity contribution in [2.75, 3.05) is 11.9 Å². The summed E-state index contributed by atoms with van der Waals surface area (Å²) in [6, 6.07) is 7.83. The molecule has 1 aromatic carbocycles. The summed E-state index contributed by atoms with van der Waals surface area (Å²) >= 11 is 7.81. The first kappa shape index (κ1) is 14.2. The van der Waals surface area contributed by atoms with Gasteiger partial charge in [-0.3, -0.25) is 0 Å². The fourth-order valence-corrected chi connectivity index (χ4v) is 3.18. The molecule has 0 amide bonds. The van der Waals surface area contributed by atoms with Crippen LogP contribution in [0.2, 0.25) is 5.02 Å². The molecule has 108 valence electrons. The van der Waals surface area contributed by atoms with Gasteiger partial charge < -0.3 is 10.3 Å². The Labute approximate surface area is 131 Å². The van der Waals surface area contributed by atoms with Crippen LogP contribution in [0.15, 0.2) is 35.6 Å². The number of aromatic nitrogens is 4. The lowest BCUT2D eigenvalue weighted by Gasteiger charge is -2.07. The highest BCUT2D eigenvalue weighted by atomic mass is 35.5. The topological polar surface area (TPSA) is 66.5 Å². The molecule has 0 aliphatic heterocycles. The van der Waals surface area contributed by atoms with E-state index >= 15 is 0 Å². The second kappa shape index (κ2) is 6.32. The molecule has 0 radical (unpaired) electrons. The van der Waals surface area contributed by atoms with E-state index in [2.05, 4.69) is 25.3 Å². The Kier molecular flexibility index (Phi) is 4.26. The predicted molar refractivity (Wildman–Crippen MR) is 86.9 cm³/mol. The van der Waals surface area contributed by atoms with Crippen LogP contribution in [0.3, 0.4) is 0 Å². The third kappa shape index (κ3) is 3.11. The largest absolute Gasteiger partial charge is 0.354 e. The molecular weight excluding hydrogens is 306 g/mol. The van der Waals surface area contributed by atoms with Crippen LogP contribution in [0.4, 0.5) is 5.95 Å². The Morgan fingerprint density at radius 1 is 1.29 bits per heavy atom. The number of nitrogens with one attached hydrogen (secondary N) is 2. The van der Waals surface area contributed by atoms with Crippen molar-refractivity contribution in [2.24, 2.45) is 0 Å². The summed E-state index contributed by atoms with van der Waals surface area (Å²) in [6.07, 6.45) is 1.63. The van der Waals surface area contributed by atoms with Crippen LogP contribution in [0.25, 0.3) is 11.2 Å². The Bertz CT molecular complexity index is 758. The molecule has 2 aromatic heterocycles. The van der Waals surface area contributed by atoms with Crippen molar-refractivity contribution in [3.8, 4) is 0 Å². The third-order valence-electron chi connectivity index (χ3n) is 2.91. The lowest BCUT2D eigenvalue weighted by atomic mass is 10.2. The van der Waals surface area contributed by atoms with Crippen molar-refractivity contribution in [1.29, 1.82) is 0 Å². The fraction of sp³-hybridized carbons (Fsp3) is 0.214. The first-order chi connectivity index (χ1) is 10.3. The molecular formula is C14H14ClN5S. The molecule has 3 aromatic rings. The van der Waals surface area contributed by atoms with Gasteiger partial charge in [-0.1, -0.05) is 41.6 Å². The summed E-state index contributed by atoms with van der Waals surface area (Å²) in [5, 5.41) is 4.76. The van der Waals surface area contributed by atoms with Crippen LogP contribution in [0.5, 0.6) is 0 Å². The van der Waals surface area contributed by atoms with Crippen LogP contribution < -0.4 is 5.32 Å². The zero-order valence-electron chi connectivity index (χ0n) is 11.4. The number of nitrogens with zero attached hydrogens (tertiary/aromatic N) is 3. The molecule has 0 atom stereocenters. The van der Waals surface area contributed by atoms with Crippen molar-refractivity contribution >= 4 is 40.5 Å². The molecule has 0 unspecified atom stereocenters. The zero-order chi connectivity index (χ0) is 14.7. The molecule has 5 nitrogen and oxygen atoms in total. The standard InChI is InChI=1S/C14H14ClN5S/c1-2-16-14-19-12-11(17-8-18-12)13(20-14)21-7-9-5-3-4-6-10(9)15/h3-6,8H,2,7H2,1H3,(H2,16,17,18,19,20). The second-order valence-electron chi connectivity index (χ2n) is 4.36. The SMILES string of the molecule is CCNc1nc(SCc2ccccc2Cl)c2[nH]cnc2n1. The second-order valence-corrected chi connectivity index (χ2v) is 5.74. The number of hydrogen-bond donors (Lipinski definition) is 2. The Morgan fingerprint density at radius 3 is 2.95 bits per heavy atom. The first-order valence-electron chi connectivity index (χ1n) is 6.59. The van der Waals surface area contributed by atoms with Gasteiger partial charge in [0, 0.05) is 17.3 Å². The molecule has 2 N–H and O–H groups in total. The van der Waals surface area contributed by atoms with Gasteiger partial charge in [0.2, 0.25) is 5.95 Å². The van der Waals surface area contributed by atoms with E-state index in [1.54, 1.807) is 18.1 Å². The third-order valence-corrected chi connectivity index (χ3v) is 4.30. The molecule has 0 saturated carbocycles. The van der Waals surface area contributed by atoms with Crippen LogP contribution in [0.1, 0.15) is 12.5 Å². The van der Waals surface area contributed by atoms with Crippen molar-refractivity contribution in [2.45, 2.75) is 17.7 Å². The lowest BCUT2D eigenvalue weighted by Crippen LogP contribution is -2.03. The normalized spacial score (nSPS) is 11.0. The first-order valence-corrected chi connectivity index (χ1v) is 7.95. The van der Waals surface area contributed by atoms with Crippen molar-refractivity contribution in [1.82, 2.24) is 19.9 Å². The minimum absolute atomic E-state index is 0.596. The summed E-state index contributed by atoms with van der Waals surface area (Å²) in [4.78, 5) is 16.2. The van der Waals surface area contributed by atoms with Crippen LogP contribution >= 0.6 is 23.4 Å². The number of thioether (sulfide) groups is 1. The smallest absolute Gasteiger partial charge is 0.225 e. The summed E-state index contributed by atoms with van der Waals surface area (Å²) in [5.74, 6) is 1.34. The maximum absolute atomic E-state index is 6.19. The van der Waals surface area contributed by atoms with Gasteiger partial charge in [0.15, 0.2) is 5.65 Å². The average molecular weight is 320 g/mol. The van der Waals surface area contributed by atoms with Crippen LogP contribution in [0, 0.1) is 0 Å². The molecule has 0 saturated heterocycles. The molecule has 21 heavy (non-hydrogen) atoms. The molecule has 0 fully saturated rings. The number of hydrogen-bond acceptors (Lipinski definition) is 5. The number of H-pyrrole nitrogens is 1. The van der Waals surface area contributed by atoms with Gasteiger partial charge in [0.25, 0.3) is 0 Å². The van der Waals surface area contributed by atoms with Crippen LogP contribution in [-0.4, -0.2) is 26.5 Å². The van der Waals surface area contributed by atoms with E-state index < -0.39 is 0 Å². The van der Waals surface area contributed by atoms with Gasteiger partial charge in [0.1, 0.15) is 10.5 Å². The number of imidazole rings is 1. The van der Waals surface area contributed by atoms with Crippen LogP contribution in [-0.2, 0) is 5.75 Å². The van der Waals surface area contributed by atoms with E-state index in [4.69, 9.17) is 11.6 Å². The number of rotatable bonds is 5. The maximum Gasteiger partial charge on any atom is 0.225 e. The summed E-state index contributed by atoms with van der Waals surface area (Å²) in [5.41, 5.74) is 2.61. The number of anilines is 1. The molecule has 0 aliphatic rings. The predicted octanol–water partition coefficient (Wildman–Crippen LogP) is 3.73. The Morgan fingerprint density at radius 2 is 2.14 bits per heavy atom. The van der Waals surface area contributed by atoms with Gasteiger partial charge in [-0.2, -0.15) is 4.98 Å². The summed E-state index contributed by atoms with van der Waals surface area (Å²) in [6.45, 7) is 2.78. The molecule has 0 spiro atoms. The van der Waals surface area contributed by atoms with Crippen molar-refractivity contribution in [3.05, 3.63) is 41.2 Å². The van der Waals surface area contributed by atoms with Gasteiger partial charge in [-0.25, -0.2) is 9.97 Å². The molecule has 0 aliphatic carbocycles. The quantitative estimate of drug-likeness (QED) is 0.554. The Balaban J connectivity index is 1.89. The number of aromatic amines is 1. The summed E-state index contributed by atoms with van der Waals surface area (Å²) in [7, 11) is 0. The van der Waals surface area contributed by atoms with Crippen molar-refractivity contribution < 1.29 is 0 Å². The average Bonchev–Trinajstić information content (AvgIpc) is 2.95. The van der Waals surface area contributed by atoms with E-state index in [1.165, 1.54) is 0 Å². The maximum atomic E-state index is 6.19. The highest BCUT2D eigenvalue weighted by Crippen LogP contribution is 2.29. The van der Waals surface area contributed by atoms with Crippen molar-refractivity contribution in [3.63, 3.8) is 0 Å². The highest BCUT2D eigenvalue weighted by molar-refractivity contribution is 7.98. The van der Waals surface area contributed by atoms with Gasteiger partial charge in [0.05, 0.1) is 6.33 Å². The van der Waals surface area contributed by atoms with E-state index in [9.17, 15) is 0 Å². The fourth-order valence-electron chi connectivity index (χ4n) is 1.91. The number of halogens is 1. The van der Waals surface area contributed by atoms with E-state index in [1.807, 2.05) is 31.2 Å². The molecule has 7 heteroatoms. The number of fused-ring (bicyclic) bond motifs is 1. The lowest BCUT2D eigenvalue weighted by molar-refractivity contribution is 1.04. The van der Waals surface area contributed by atoms with E-state index in [0.717, 1.165) is 33.4 Å². The minimum Gasteiger partial charge on any atom is -0.354 e. The highest BCUT2D eigenvalue weighted by Gasteiger charge is 2.11. The number of benzene rings is 1. The van der Waals surface area contributed by atoms with E-state index in [0.29, 0.717) is 11.6 Å². The molecule has 3 rings (SSSR count). The van der Waals surface area contributed by atoms with Gasteiger partial charge in [-0.15, -0.1) is 0 Å². The van der Waals surface area contributed by atoms with Gasteiger partial charge >= 0.3 is 0 Å². The summed E-state index contributed by atoms with van der Waals surface area (Å²) < 4.78 is 0.